The second-order valence-electron chi connectivity index (χ2n) is 12.4. The highest BCUT2D eigenvalue weighted by atomic mass is 16.5. The topological polar surface area (TPSA) is 63.6 Å². The number of esters is 1. The Labute approximate surface area is 261 Å². The summed E-state index contributed by atoms with van der Waals surface area (Å²) in [6, 6.07) is 0. The number of aliphatic carboxylic acids is 1. The maximum absolute atomic E-state index is 12.5. The van der Waals surface area contributed by atoms with E-state index >= 15 is 0 Å². The van der Waals surface area contributed by atoms with Gasteiger partial charge in [-0.1, -0.05) is 128 Å². The van der Waals surface area contributed by atoms with Crippen molar-refractivity contribution in [2.24, 2.45) is 0 Å². The van der Waals surface area contributed by atoms with E-state index in [-0.39, 0.29) is 18.5 Å². The Morgan fingerprint density at radius 1 is 0.500 bits per heavy atom. The molecule has 0 heterocycles. The maximum atomic E-state index is 12.5. The Morgan fingerprint density at radius 3 is 1.33 bits per heavy atom. The summed E-state index contributed by atoms with van der Waals surface area (Å²) in [6.45, 7) is 4.53. The first-order chi connectivity index (χ1) is 20.6. The van der Waals surface area contributed by atoms with Gasteiger partial charge in [0.1, 0.15) is 6.10 Å². The summed E-state index contributed by atoms with van der Waals surface area (Å²) >= 11 is 0. The molecule has 0 rings (SSSR count). The fraction of sp³-hybridized carbons (Fsp3) is 0.842. The molecular formula is C38H70O4. The van der Waals surface area contributed by atoms with Gasteiger partial charge in [-0.3, -0.25) is 9.59 Å². The quantitative estimate of drug-likeness (QED) is 0.0469. The average Bonchev–Trinajstić information content (AvgIpc) is 2.97. The number of carboxylic acid groups (broad SMARTS) is 1. The van der Waals surface area contributed by atoms with Crippen molar-refractivity contribution in [3.05, 3.63) is 24.3 Å². The molecule has 0 aliphatic rings. The minimum Gasteiger partial charge on any atom is -0.481 e. The zero-order valence-corrected chi connectivity index (χ0v) is 28.1. The summed E-state index contributed by atoms with van der Waals surface area (Å²) in [4.78, 5) is 23.4. The standard InChI is InChI=1S/C38H70O4/c1-3-5-7-9-11-13-15-17-18-20-22-24-26-28-30-35-38(41)42-36(33-31-34-37(39)40)32-29-27-25-23-21-19-16-14-12-10-8-6-4-2/h17-19,21,36H,3-16,20,22-35H2,1-2H3,(H,39,40). The first-order valence-electron chi connectivity index (χ1n) is 18.3. The first-order valence-corrected chi connectivity index (χ1v) is 18.3. The number of carbonyl (C=O) groups is 2. The van der Waals surface area contributed by atoms with Crippen molar-refractivity contribution >= 4 is 11.9 Å². The van der Waals surface area contributed by atoms with Crippen molar-refractivity contribution in [2.75, 3.05) is 0 Å². The lowest BCUT2D eigenvalue weighted by Gasteiger charge is -2.18. The number of carboxylic acids is 1. The lowest BCUT2D eigenvalue weighted by atomic mass is 10.0. The number of rotatable bonds is 33. The summed E-state index contributed by atoms with van der Waals surface area (Å²) in [5, 5.41) is 8.99. The molecule has 0 fully saturated rings. The van der Waals surface area contributed by atoms with E-state index in [0.717, 1.165) is 44.9 Å². The predicted molar refractivity (Wildman–Crippen MR) is 181 cm³/mol. The van der Waals surface area contributed by atoms with Gasteiger partial charge < -0.3 is 9.84 Å². The molecular weight excluding hydrogens is 520 g/mol. The van der Waals surface area contributed by atoms with Crippen molar-refractivity contribution in [1.29, 1.82) is 0 Å². The molecule has 1 unspecified atom stereocenters. The van der Waals surface area contributed by atoms with Gasteiger partial charge in [0, 0.05) is 12.8 Å². The van der Waals surface area contributed by atoms with E-state index < -0.39 is 5.97 Å². The molecule has 0 aromatic rings. The van der Waals surface area contributed by atoms with Crippen LogP contribution in [0.5, 0.6) is 0 Å². The number of unbranched alkanes of at least 4 members (excludes halogenated alkanes) is 20. The molecule has 0 aliphatic heterocycles. The highest BCUT2D eigenvalue weighted by molar-refractivity contribution is 5.69. The Balaban J connectivity index is 3.88. The second kappa shape index (κ2) is 33.9. The van der Waals surface area contributed by atoms with Gasteiger partial charge in [-0.05, 0) is 83.5 Å². The van der Waals surface area contributed by atoms with Crippen LogP contribution in [-0.4, -0.2) is 23.1 Å². The number of ether oxygens (including phenoxy) is 1. The van der Waals surface area contributed by atoms with E-state index in [1.54, 1.807) is 0 Å². The summed E-state index contributed by atoms with van der Waals surface area (Å²) in [5.74, 6) is -0.883. The van der Waals surface area contributed by atoms with Crippen molar-refractivity contribution in [1.82, 2.24) is 0 Å². The van der Waals surface area contributed by atoms with Gasteiger partial charge in [0.25, 0.3) is 0 Å². The molecule has 0 radical (unpaired) electrons. The molecule has 0 saturated carbocycles. The molecule has 4 nitrogen and oxygen atoms in total. The van der Waals surface area contributed by atoms with Gasteiger partial charge in [0.15, 0.2) is 0 Å². The van der Waals surface area contributed by atoms with Crippen LogP contribution >= 0.6 is 0 Å². The van der Waals surface area contributed by atoms with Gasteiger partial charge in [0.2, 0.25) is 0 Å². The Bertz CT molecular complexity index is 639. The largest absolute Gasteiger partial charge is 0.481 e. The van der Waals surface area contributed by atoms with Crippen molar-refractivity contribution < 1.29 is 19.4 Å². The zero-order chi connectivity index (χ0) is 30.8. The lowest BCUT2D eigenvalue weighted by Crippen LogP contribution is -2.18. The second-order valence-corrected chi connectivity index (χ2v) is 12.4. The minimum absolute atomic E-state index is 0.106. The van der Waals surface area contributed by atoms with E-state index in [0.29, 0.717) is 19.3 Å². The van der Waals surface area contributed by atoms with E-state index in [2.05, 4.69) is 38.2 Å². The van der Waals surface area contributed by atoms with Crippen LogP contribution in [-0.2, 0) is 14.3 Å². The third-order valence-electron chi connectivity index (χ3n) is 8.15. The fourth-order valence-corrected chi connectivity index (χ4v) is 5.42. The van der Waals surface area contributed by atoms with Crippen LogP contribution in [0.25, 0.3) is 0 Å². The summed E-state index contributed by atoms with van der Waals surface area (Å²) in [7, 11) is 0. The Morgan fingerprint density at radius 2 is 0.881 bits per heavy atom. The highest BCUT2D eigenvalue weighted by Gasteiger charge is 2.15. The van der Waals surface area contributed by atoms with Gasteiger partial charge in [-0.15, -0.1) is 0 Å². The smallest absolute Gasteiger partial charge is 0.306 e. The average molecular weight is 591 g/mol. The molecule has 246 valence electrons. The highest BCUT2D eigenvalue weighted by Crippen LogP contribution is 2.17. The minimum atomic E-state index is -0.777. The Hall–Kier alpha value is -1.58. The van der Waals surface area contributed by atoms with Gasteiger partial charge >= 0.3 is 11.9 Å². The molecule has 0 saturated heterocycles. The molecule has 1 N–H and O–H groups in total. The summed E-state index contributed by atoms with van der Waals surface area (Å²) < 4.78 is 5.80. The zero-order valence-electron chi connectivity index (χ0n) is 28.1. The van der Waals surface area contributed by atoms with Crippen molar-refractivity contribution in [2.45, 2.75) is 206 Å². The molecule has 1 atom stereocenters. The molecule has 0 aliphatic carbocycles. The van der Waals surface area contributed by atoms with Gasteiger partial charge in [-0.25, -0.2) is 0 Å². The fourth-order valence-electron chi connectivity index (χ4n) is 5.42. The van der Waals surface area contributed by atoms with Crippen LogP contribution in [0.3, 0.4) is 0 Å². The molecule has 4 heteroatoms. The SMILES string of the molecule is CCCCCCCCC=CCCCCCCCC(=O)OC(CCCCCC=CCCCCCCCC)CCCC(=O)O. The number of hydrogen-bond acceptors (Lipinski definition) is 3. The number of allylic oxidation sites excluding steroid dienone is 4. The molecule has 0 aromatic heterocycles. The summed E-state index contributed by atoms with van der Waals surface area (Å²) in [6.07, 6.45) is 41.8. The molecule has 0 amide bonds. The Kier molecular flexibility index (Phi) is 32.6. The first kappa shape index (κ1) is 40.4. The normalized spacial score (nSPS) is 12.4. The van der Waals surface area contributed by atoms with Crippen LogP contribution in [0, 0.1) is 0 Å². The number of hydrogen-bond donors (Lipinski definition) is 1. The molecule has 42 heavy (non-hydrogen) atoms. The van der Waals surface area contributed by atoms with Crippen LogP contribution in [0.1, 0.15) is 200 Å². The third kappa shape index (κ3) is 32.9. The molecule has 0 aromatic carbocycles. The van der Waals surface area contributed by atoms with Gasteiger partial charge in [0.05, 0.1) is 0 Å². The molecule has 0 spiro atoms. The van der Waals surface area contributed by atoms with Gasteiger partial charge in [-0.2, -0.15) is 0 Å². The van der Waals surface area contributed by atoms with E-state index in [9.17, 15) is 9.59 Å². The lowest BCUT2D eigenvalue weighted by molar-refractivity contribution is -0.150. The van der Waals surface area contributed by atoms with E-state index in [4.69, 9.17) is 9.84 Å². The van der Waals surface area contributed by atoms with E-state index in [1.807, 2.05) is 0 Å². The van der Waals surface area contributed by atoms with Crippen molar-refractivity contribution in [3.63, 3.8) is 0 Å². The van der Waals surface area contributed by atoms with Crippen LogP contribution in [0.15, 0.2) is 24.3 Å². The van der Waals surface area contributed by atoms with Crippen LogP contribution < -0.4 is 0 Å². The van der Waals surface area contributed by atoms with Crippen molar-refractivity contribution in [3.8, 4) is 0 Å². The summed E-state index contributed by atoms with van der Waals surface area (Å²) in [5.41, 5.74) is 0. The monoisotopic (exact) mass is 591 g/mol. The maximum Gasteiger partial charge on any atom is 0.306 e. The van der Waals surface area contributed by atoms with Crippen LogP contribution in [0.4, 0.5) is 0 Å². The molecule has 0 bridgehead atoms. The van der Waals surface area contributed by atoms with Crippen LogP contribution in [0.2, 0.25) is 0 Å². The predicted octanol–water partition coefficient (Wildman–Crippen LogP) is 12.4. The van der Waals surface area contributed by atoms with E-state index in [1.165, 1.54) is 116 Å². The third-order valence-corrected chi connectivity index (χ3v) is 8.15. The number of carbonyl (C=O) groups excluding carboxylic acids is 1.